The first-order valence-corrected chi connectivity index (χ1v) is 9.84. The fraction of sp³-hybridized carbons (Fsp3) is 0.833. The Bertz CT molecular complexity index is 451. The number of carbonyl (C=O) groups is 2. The molecule has 0 radical (unpaired) electrons. The second-order valence-electron chi connectivity index (χ2n) is 5.25. The van der Waals surface area contributed by atoms with Gasteiger partial charge in [0.05, 0.1) is 6.26 Å². The quantitative estimate of drug-likeness (QED) is 0.526. The molecule has 2 atom stereocenters. The molecule has 124 valence electrons. The highest BCUT2D eigenvalue weighted by atomic mass is 32.2. The minimum Gasteiger partial charge on any atom is -0.480 e. The summed E-state index contributed by atoms with van der Waals surface area (Å²) in [6.45, 7) is 3.71. The average Bonchev–Trinajstić information content (AvgIpc) is 2.30. The summed E-state index contributed by atoms with van der Waals surface area (Å²) in [6.07, 6.45) is 3.40. The lowest BCUT2D eigenvalue weighted by molar-refractivity contribution is -0.142. The molecule has 1 unspecified atom stereocenters. The van der Waals surface area contributed by atoms with Crippen molar-refractivity contribution in [2.45, 2.75) is 38.8 Å². The lowest BCUT2D eigenvalue weighted by Crippen LogP contribution is -2.51. The Kier molecular flexibility index (Phi) is 8.91. The van der Waals surface area contributed by atoms with E-state index < -0.39 is 34.0 Å². The molecule has 9 heteroatoms. The zero-order chi connectivity index (χ0) is 16.6. The molecule has 7 nitrogen and oxygen atoms in total. The van der Waals surface area contributed by atoms with Crippen molar-refractivity contribution in [2.24, 2.45) is 5.92 Å². The van der Waals surface area contributed by atoms with Gasteiger partial charge in [-0.25, -0.2) is 17.9 Å². The van der Waals surface area contributed by atoms with Crippen LogP contribution in [0, 0.1) is 5.92 Å². The van der Waals surface area contributed by atoms with Gasteiger partial charge in [0.2, 0.25) is 15.9 Å². The van der Waals surface area contributed by atoms with E-state index in [0.717, 1.165) is 6.26 Å². The van der Waals surface area contributed by atoms with E-state index in [9.17, 15) is 18.0 Å². The number of rotatable bonds is 10. The van der Waals surface area contributed by atoms with Crippen molar-refractivity contribution in [3.8, 4) is 0 Å². The first-order valence-electron chi connectivity index (χ1n) is 6.56. The molecule has 0 fully saturated rings. The van der Waals surface area contributed by atoms with E-state index in [1.54, 1.807) is 0 Å². The molecule has 0 aliphatic carbocycles. The summed E-state index contributed by atoms with van der Waals surface area (Å²) in [5.41, 5.74) is 0. The fourth-order valence-corrected chi connectivity index (χ4v) is 2.90. The summed E-state index contributed by atoms with van der Waals surface area (Å²) in [7, 11) is -3.55. The molecule has 0 aliphatic heterocycles. The number of hydrogen-bond acceptors (Lipinski definition) is 5. The Morgan fingerprint density at radius 2 is 1.81 bits per heavy atom. The maximum atomic E-state index is 12.1. The van der Waals surface area contributed by atoms with E-state index in [-0.39, 0.29) is 12.3 Å². The lowest BCUT2D eigenvalue weighted by atomic mass is 10.0. The second kappa shape index (κ2) is 9.26. The molecule has 0 aromatic carbocycles. The maximum Gasteiger partial charge on any atom is 0.326 e. The molecule has 0 saturated carbocycles. The topological polar surface area (TPSA) is 113 Å². The van der Waals surface area contributed by atoms with E-state index in [4.69, 9.17) is 5.11 Å². The van der Waals surface area contributed by atoms with Crippen LogP contribution in [0.25, 0.3) is 0 Å². The molecule has 21 heavy (non-hydrogen) atoms. The van der Waals surface area contributed by atoms with Gasteiger partial charge in [-0.1, -0.05) is 13.8 Å². The van der Waals surface area contributed by atoms with E-state index in [1.165, 1.54) is 11.8 Å². The van der Waals surface area contributed by atoms with Crippen molar-refractivity contribution < 1.29 is 23.1 Å². The smallest absolute Gasteiger partial charge is 0.326 e. The summed E-state index contributed by atoms with van der Waals surface area (Å²) in [5.74, 6) is -1.06. The van der Waals surface area contributed by atoms with Gasteiger partial charge in [0.25, 0.3) is 0 Å². The van der Waals surface area contributed by atoms with Crippen LogP contribution in [0.4, 0.5) is 0 Å². The zero-order valence-corrected chi connectivity index (χ0v) is 14.4. The Balaban J connectivity index is 4.88. The number of carbonyl (C=O) groups excluding carboxylic acids is 1. The number of carboxylic acid groups (broad SMARTS) is 1. The molecular formula is C12H24N2O5S2. The maximum absolute atomic E-state index is 12.1. The van der Waals surface area contributed by atoms with Crippen molar-refractivity contribution in [1.82, 2.24) is 10.0 Å². The highest BCUT2D eigenvalue weighted by Gasteiger charge is 2.27. The van der Waals surface area contributed by atoms with Crippen LogP contribution in [0.3, 0.4) is 0 Å². The number of carboxylic acids is 1. The van der Waals surface area contributed by atoms with Gasteiger partial charge in [0.1, 0.15) is 12.1 Å². The summed E-state index contributed by atoms with van der Waals surface area (Å²) < 4.78 is 24.9. The number of aliphatic carboxylic acids is 1. The molecule has 0 bridgehead atoms. The molecule has 1 amide bonds. The minimum atomic E-state index is -3.55. The zero-order valence-electron chi connectivity index (χ0n) is 12.8. The van der Waals surface area contributed by atoms with Gasteiger partial charge in [0, 0.05) is 0 Å². The van der Waals surface area contributed by atoms with Crippen LogP contribution in [-0.4, -0.2) is 55.7 Å². The van der Waals surface area contributed by atoms with Gasteiger partial charge in [-0.2, -0.15) is 11.8 Å². The van der Waals surface area contributed by atoms with Gasteiger partial charge in [-0.05, 0) is 30.8 Å². The van der Waals surface area contributed by atoms with Crippen LogP contribution in [0.2, 0.25) is 0 Å². The third-order valence-electron chi connectivity index (χ3n) is 2.61. The number of thioether (sulfide) groups is 1. The Labute approximate surface area is 130 Å². The number of amides is 1. The van der Waals surface area contributed by atoms with Crippen molar-refractivity contribution in [3.63, 3.8) is 0 Å². The normalized spacial score (nSPS) is 14.7. The number of sulfonamides is 1. The molecular weight excluding hydrogens is 316 g/mol. The molecule has 0 heterocycles. The number of nitrogens with one attached hydrogen (secondary N) is 2. The van der Waals surface area contributed by atoms with Gasteiger partial charge in [-0.15, -0.1) is 0 Å². The summed E-state index contributed by atoms with van der Waals surface area (Å²) >= 11 is 1.48. The van der Waals surface area contributed by atoms with E-state index in [1.807, 2.05) is 20.1 Å². The van der Waals surface area contributed by atoms with Crippen molar-refractivity contribution in [3.05, 3.63) is 0 Å². The summed E-state index contributed by atoms with van der Waals surface area (Å²) in [6, 6.07) is -1.97. The van der Waals surface area contributed by atoms with Crippen molar-refractivity contribution in [1.29, 1.82) is 0 Å². The van der Waals surface area contributed by atoms with Crippen molar-refractivity contribution >= 4 is 33.7 Å². The first kappa shape index (κ1) is 20.2. The van der Waals surface area contributed by atoms with E-state index >= 15 is 0 Å². The monoisotopic (exact) mass is 340 g/mol. The lowest BCUT2D eigenvalue weighted by Gasteiger charge is -2.21. The van der Waals surface area contributed by atoms with Crippen LogP contribution >= 0.6 is 11.8 Å². The highest BCUT2D eigenvalue weighted by molar-refractivity contribution is 7.98. The van der Waals surface area contributed by atoms with Crippen LogP contribution < -0.4 is 10.0 Å². The highest BCUT2D eigenvalue weighted by Crippen LogP contribution is 2.08. The largest absolute Gasteiger partial charge is 0.480 e. The van der Waals surface area contributed by atoms with Gasteiger partial charge >= 0.3 is 5.97 Å². The third kappa shape index (κ3) is 9.70. The minimum absolute atomic E-state index is 0.0875. The van der Waals surface area contributed by atoms with E-state index in [0.29, 0.717) is 12.2 Å². The standard InChI is InChI=1S/C12H24N2O5S2/c1-8(2)7-10(14-21(4,18)19)11(15)13-9(12(16)17)5-6-20-3/h8-10,14H,5-7H2,1-4H3,(H,13,15)(H,16,17)/t9-,10?/m1/s1. The van der Waals surface area contributed by atoms with Gasteiger partial charge < -0.3 is 10.4 Å². The molecule has 0 spiro atoms. The molecule has 0 aromatic rings. The predicted molar refractivity (Wildman–Crippen MR) is 83.8 cm³/mol. The summed E-state index contributed by atoms with van der Waals surface area (Å²) in [4.78, 5) is 23.2. The SMILES string of the molecule is CSCC[C@@H](NC(=O)C(CC(C)C)NS(C)(=O)=O)C(=O)O. The van der Waals surface area contributed by atoms with Crippen LogP contribution in [0.15, 0.2) is 0 Å². The van der Waals surface area contributed by atoms with Crippen molar-refractivity contribution in [2.75, 3.05) is 18.3 Å². The summed E-state index contributed by atoms with van der Waals surface area (Å²) in [5, 5.41) is 11.5. The molecule has 0 saturated heterocycles. The first-order chi connectivity index (χ1) is 9.56. The Morgan fingerprint density at radius 1 is 1.24 bits per heavy atom. The van der Waals surface area contributed by atoms with E-state index in [2.05, 4.69) is 10.0 Å². The molecule has 0 rings (SSSR count). The second-order valence-corrected chi connectivity index (χ2v) is 8.02. The third-order valence-corrected chi connectivity index (χ3v) is 3.96. The Morgan fingerprint density at radius 3 is 2.19 bits per heavy atom. The molecule has 3 N–H and O–H groups in total. The van der Waals surface area contributed by atoms with Crippen LogP contribution in [0.1, 0.15) is 26.7 Å². The fourth-order valence-electron chi connectivity index (χ4n) is 1.70. The number of hydrogen-bond donors (Lipinski definition) is 3. The predicted octanol–water partition coefficient (Wildman–Crippen LogP) is 0.273. The van der Waals surface area contributed by atoms with Crippen LogP contribution in [-0.2, 0) is 19.6 Å². The average molecular weight is 340 g/mol. The molecule has 0 aromatic heterocycles. The Hall–Kier alpha value is -0.800. The van der Waals surface area contributed by atoms with Gasteiger partial charge in [-0.3, -0.25) is 4.79 Å². The van der Waals surface area contributed by atoms with Gasteiger partial charge in [0.15, 0.2) is 0 Å². The molecule has 0 aliphatic rings. The van der Waals surface area contributed by atoms with Crippen LogP contribution in [0.5, 0.6) is 0 Å².